The molecule has 0 aromatic carbocycles. The third-order valence-electron chi connectivity index (χ3n) is 5.16. The van der Waals surface area contributed by atoms with E-state index < -0.39 is 29.2 Å². The molecule has 35 heavy (non-hydrogen) atoms. The molecule has 0 radical (unpaired) electrons. The Bertz CT molecular complexity index is 1210. The lowest BCUT2D eigenvalue weighted by atomic mass is 10.0. The van der Waals surface area contributed by atoms with Crippen molar-refractivity contribution in [2.45, 2.75) is 16.3 Å². The first-order chi connectivity index (χ1) is 16.8. The Morgan fingerprint density at radius 1 is 1.43 bits per heavy atom. The van der Waals surface area contributed by atoms with Gasteiger partial charge in [0.05, 0.1) is 18.7 Å². The number of rotatable bonds is 9. The number of hydrogen-bond acceptors (Lipinski definition) is 12. The number of nitrogen functional groups attached to an aromatic ring is 1. The summed E-state index contributed by atoms with van der Waals surface area (Å²) in [5.41, 5.74) is 9.11. The van der Waals surface area contributed by atoms with Crippen LogP contribution in [0.1, 0.15) is 5.69 Å². The Morgan fingerprint density at radius 3 is 2.77 bits per heavy atom. The molecule has 12 nitrogen and oxygen atoms in total. The van der Waals surface area contributed by atoms with Gasteiger partial charge in [-0.05, 0) is 5.57 Å². The number of anilines is 1. The molecule has 0 bridgehead atoms. The molecule has 4 heterocycles. The van der Waals surface area contributed by atoms with Crippen LogP contribution in [0, 0.1) is 0 Å². The number of pyridine rings is 1. The molecule has 2 amide bonds. The van der Waals surface area contributed by atoms with Crippen molar-refractivity contribution in [1.82, 2.24) is 15.2 Å². The summed E-state index contributed by atoms with van der Waals surface area (Å²) in [6.45, 7) is 0. The van der Waals surface area contributed by atoms with Crippen molar-refractivity contribution in [3.63, 3.8) is 0 Å². The van der Waals surface area contributed by atoms with Crippen LogP contribution in [-0.2, 0) is 19.2 Å². The molecule has 1 fully saturated rings. The van der Waals surface area contributed by atoms with E-state index in [9.17, 15) is 19.5 Å². The van der Waals surface area contributed by atoms with Gasteiger partial charge in [0, 0.05) is 33.9 Å². The number of nitrogens with two attached hydrogens (primary N) is 1. The maximum atomic E-state index is 12.9. The van der Waals surface area contributed by atoms with Crippen molar-refractivity contribution in [3.05, 3.63) is 46.9 Å². The molecule has 184 valence electrons. The molecule has 2 aliphatic rings. The number of nitrogens with zero attached hydrogens (tertiary/aromatic N) is 4. The average molecular weight is 536 g/mol. The van der Waals surface area contributed by atoms with Crippen LogP contribution in [0.5, 0.6) is 0 Å². The van der Waals surface area contributed by atoms with E-state index in [1.54, 1.807) is 17.1 Å². The number of carboxylic acid groups (broad SMARTS) is 1. The first-order valence-corrected chi connectivity index (χ1v) is 13.1. The molecule has 1 saturated heterocycles. The van der Waals surface area contributed by atoms with Crippen LogP contribution in [0.15, 0.2) is 51.2 Å². The second kappa shape index (κ2) is 10.5. The number of amides is 2. The smallest absolute Gasteiger partial charge is 0.276 e. The summed E-state index contributed by atoms with van der Waals surface area (Å²) in [5.74, 6) is -1.89. The quantitative estimate of drug-likeness (QED) is 0.116. The molecule has 4 rings (SSSR count). The van der Waals surface area contributed by atoms with Crippen LogP contribution >= 0.6 is 34.9 Å². The van der Waals surface area contributed by atoms with Gasteiger partial charge < -0.3 is 25.8 Å². The monoisotopic (exact) mass is 535 g/mol. The molecular weight excluding hydrogens is 514 g/mol. The Kier molecular flexibility index (Phi) is 7.47. The van der Waals surface area contributed by atoms with Crippen molar-refractivity contribution in [2.24, 2.45) is 5.16 Å². The molecule has 4 N–H and O–H groups in total. The predicted molar refractivity (Wildman–Crippen MR) is 130 cm³/mol. The van der Waals surface area contributed by atoms with E-state index in [1.165, 1.54) is 35.5 Å². The largest absolute Gasteiger partial charge is 0.543 e. The van der Waals surface area contributed by atoms with Gasteiger partial charge in [0.15, 0.2) is 10.8 Å². The summed E-state index contributed by atoms with van der Waals surface area (Å²) in [7, 11) is 3.07. The Balaban J connectivity index is 1.47. The van der Waals surface area contributed by atoms with Crippen molar-refractivity contribution < 1.29 is 29.0 Å². The highest BCUT2D eigenvalue weighted by Crippen LogP contribution is 2.41. The van der Waals surface area contributed by atoms with Gasteiger partial charge in [-0.1, -0.05) is 9.83 Å². The lowest BCUT2D eigenvalue weighted by Gasteiger charge is -2.50. The highest BCUT2D eigenvalue weighted by Gasteiger charge is 2.53. The maximum Gasteiger partial charge on any atom is 0.276 e. The number of fused-ring (bicyclic) bond motifs is 1. The fourth-order valence-electron chi connectivity index (χ4n) is 3.51. The second-order valence-corrected chi connectivity index (χ2v) is 10.3. The zero-order chi connectivity index (χ0) is 25.1. The van der Waals surface area contributed by atoms with Crippen molar-refractivity contribution in [2.75, 3.05) is 36.8 Å². The third-order valence-corrected chi connectivity index (χ3v) is 8.27. The summed E-state index contributed by atoms with van der Waals surface area (Å²) >= 11 is 3.96. The molecule has 2 aromatic rings. The van der Waals surface area contributed by atoms with Gasteiger partial charge in [-0.2, -0.15) is 5.43 Å². The highest BCUT2D eigenvalue weighted by molar-refractivity contribution is 8.01. The zero-order valence-corrected chi connectivity index (χ0v) is 21.0. The zero-order valence-electron chi connectivity index (χ0n) is 18.6. The van der Waals surface area contributed by atoms with Gasteiger partial charge >= 0.3 is 0 Å². The summed E-state index contributed by atoms with van der Waals surface area (Å²) in [5, 5.41) is 19.5. The van der Waals surface area contributed by atoms with Gasteiger partial charge in [-0.25, -0.2) is 4.98 Å². The van der Waals surface area contributed by atoms with Crippen LogP contribution in [0.3, 0.4) is 0 Å². The van der Waals surface area contributed by atoms with Crippen molar-refractivity contribution >= 4 is 63.5 Å². The Hall–Kier alpha value is -3.30. The molecule has 0 aliphatic carbocycles. The third kappa shape index (κ3) is 5.06. The first kappa shape index (κ1) is 24.8. The minimum absolute atomic E-state index is 0.136. The Morgan fingerprint density at radius 2 is 2.17 bits per heavy atom. The number of aromatic nitrogens is 2. The van der Waals surface area contributed by atoms with Crippen molar-refractivity contribution in [3.8, 4) is 0 Å². The number of thioether (sulfide) groups is 2. The van der Waals surface area contributed by atoms with Gasteiger partial charge in [0.2, 0.25) is 12.4 Å². The number of oxime groups is 1. The van der Waals surface area contributed by atoms with Gasteiger partial charge in [-0.3, -0.25) is 14.5 Å². The van der Waals surface area contributed by atoms with E-state index in [0.29, 0.717) is 17.1 Å². The SMILES string of the molecule is CN[n+]1ccc(SCC2=C(C(=O)[O-])N3C(=O)[C@@H](NC(=O)/C(=N\OC)c4csc(N)n4)[C@H]3SC2)cc1. The number of hydrogen-bond donors (Lipinski definition) is 3. The number of carboxylic acids is 1. The molecule has 0 unspecified atom stereocenters. The fourth-order valence-corrected chi connectivity index (χ4v) is 6.43. The normalized spacial score (nSPS) is 19.7. The lowest BCUT2D eigenvalue weighted by Crippen LogP contribution is -2.71. The number of carbonyl (C=O) groups excluding carboxylic acids is 3. The standard InChI is InChI=1S/C20H21N7O5S3/c1-22-26-5-3-11(4-6-26)33-7-10-8-34-18-14(17(29)27(18)15(10)19(30)31)24-16(28)13(25-32-2)12-9-35-20(21)23-12/h3-6,9,14,18,22H,7-8H2,1-2H3,(H3-,21,23,24,28,30,31)/b25-13-/t14-,18-/m1/s1. The maximum absolute atomic E-state index is 12.9. The molecule has 2 aromatic heterocycles. The first-order valence-electron chi connectivity index (χ1n) is 10.2. The number of carbonyl (C=O) groups is 3. The topological polar surface area (TPSA) is 166 Å². The van der Waals surface area contributed by atoms with E-state index in [1.807, 2.05) is 24.5 Å². The van der Waals surface area contributed by atoms with E-state index in [2.05, 4.69) is 20.9 Å². The molecule has 0 spiro atoms. The summed E-state index contributed by atoms with van der Waals surface area (Å²) in [6, 6.07) is 2.86. The number of nitrogens with one attached hydrogen (secondary N) is 2. The van der Waals surface area contributed by atoms with Gasteiger partial charge in [-0.15, -0.1) is 34.9 Å². The number of β-lactam (4-membered cyclic amide) rings is 1. The summed E-state index contributed by atoms with van der Waals surface area (Å²) < 4.78 is 1.77. The van der Waals surface area contributed by atoms with E-state index in [-0.39, 0.29) is 22.2 Å². The van der Waals surface area contributed by atoms with Crippen LogP contribution < -0.4 is 26.3 Å². The highest BCUT2D eigenvalue weighted by atomic mass is 32.2. The van der Waals surface area contributed by atoms with Gasteiger partial charge in [0.1, 0.15) is 24.2 Å². The molecular formula is C20H21N7O5S3. The number of thiazole rings is 1. The Labute approximate surface area is 212 Å². The van der Waals surface area contributed by atoms with Crippen LogP contribution in [0.2, 0.25) is 0 Å². The van der Waals surface area contributed by atoms with E-state index in [0.717, 1.165) is 16.2 Å². The fraction of sp³-hybridized carbons (Fsp3) is 0.300. The molecule has 2 aliphatic heterocycles. The summed E-state index contributed by atoms with van der Waals surface area (Å²) in [4.78, 5) is 48.6. The average Bonchev–Trinajstić information content (AvgIpc) is 3.29. The van der Waals surface area contributed by atoms with Gasteiger partial charge in [0.25, 0.3) is 11.8 Å². The molecule has 2 atom stereocenters. The number of aliphatic carboxylic acids is 1. The summed E-state index contributed by atoms with van der Waals surface area (Å²) in [6.07, 6.45) is 3.69. The van der Waals surface area contributed by atoms with Crippen LogP contribution in [-0.4, -0.2) is 70.5 Å². The molecule has 0 saturated carbocycles. The van der Waals surface area contributed by atoms with Crippen molar-refractivity contribution in [1.29, 1.82) is 0 Å². The predicted octanol–water partition coefficient (Wildman–Crippen LogP) is -1.27. The molecule has 15 heteroatoms. The second-order valence-electron chi connectivity index (χ2n) is 7.25. The van der Waals surface area contributed by atoms with E-state index >= 15 is 0 Å². The minimum Gasteiger partial charge on any atom is -0.543 e. The van der Waals surface area contributed by atoms with Crippen LogP contribution in [0.25, 0.3) is 0 Å². The van der Waals surface area contributed by atoms with Crippen LogP contribution in [0.4, 0.5) is 5.13 Å². The minimum atomic E-state index is -1.43. The lowest BCUT2D eigenvalue weighted by molar-refractivity contribution is -0.647. The van der Waals surface area contributed by atoms with E-state index in [4.69, 9.17) is 10.6 Å².